The molecule has 2 nitrogen and oxygen atoms in total. The molecule has 0 saturated heterocycles. The lowest BCUT2D eigenvalue weighted by Crippen LogP contribution is -2.36. The van der Waals surface area contributed by atoms with E-state index in [2.05, 4.69) is 0 Å². The van der Waals surface area contributed by atoms with Gasteiger partial charge in [0.15, 0.2) is 0 Å². The van der Waals surface area contributed by atoms with E-state index in [-0.39, 0.29) is 5.41 Å². The fourth-order valence-electron chi connectivity index (χ4n) is 3.08. The summed E-state index contributed by atoms with van der Waals surface area (Å²) in [6.45, 7) is 0.483. The fraction of sp³-hybridized carbons (Fsp3) is 0.600. The van der Waals surface area contributed by atoms with Crippen LogP contribution in [0.2, 0.25) is 10.0 Å². The minimum absolute atomic E-state index is 0.259. The van der Waals surface area contributed by atoms with E-state index < -0.39 is 6.10 Å². The summed E-state index contributed by atoms with van der Waals surface area (Å²) in [5.41, 5.74) is 6.45. The quantitative estimate of drug-likeness (QED) is 0.817. The molecule has 0 heterocycles. The first-order valence-corrected chi connectivity index (χ1v) is 7.68. The minimum atomic E-state index is -0.637. The van der Waals surface area contributed by atoms with Gasteiger partial charge in [0.2, 0.25) is 0 Å². The number of hydrogen-bond donors (Lipinski definition) is 2. The molecule has 0 amide bonds. The number of hydrogen-bond acceptors (Lipinski definition) is 2. The Labute approximate surface area is 124 Å². The molecule has 1 unspecified atom stereocenters. The van der Waals surface area contributed by atoms with Crippen molar-refractivity contribution >= 4 is 23.2 Å². The Hall–Kier alpha value is -0.280. The maximum Gasteiger partial charge on any atom is 0.0873 e. The lowest BCUT2D eigenvalue weighted by atomic mass is 9.73. The number of aliphatic hydroxyl groups excluding tert-OH is 1. The molecule has 4 heteroatoms. The monoisotopic (exact) mass is 301 g/mol. The second kappa shape index (κ2) is 6.45. The third-order valence-corrected chi connectivity index (χ3v) is 5.20. The first kappa shape index (κ1) is 15.1. The number of rotatable bonds is 3. The second-order valence-corrected chi connectivity index (χ2v) is 6.31. The highest BCUT2D eigenvalue weighted by atomic mass is 35.5. The Morgan fingerprint density at radius 2 is 1.79 bits per heavy atom. The summed E-state index contributed by atoms with van der Waals surface area (Å²) in [4.78, 5) is 0. The van der Waals surface area contributed by atoms with E-state index in [9.17, 15) is 5.11 Å². The Morgan fingerprint density at radius 1 is 1.16 bits per heavy atom. The van der Waals surface area contributed by atoms with Gasteiger partial charge >= 0.3 is 0 Å². The largest absolute Gasteiger partial charge is 0.388 e. The highest BCUT2D eigenvalue weighted by Crippen LogP contribution is 2.46. The van der Waals surface area contributed by atoms with Gasteiger partial charge in [-0.05, 0) is 18.9 Å². The van der Waals surface area contributed by atoms with Crippen LogP contribution < -0.4 is 5.73 Å². The fourth-order valence-corrected chi connectivity index (χ4v) is 3.49. The highest BCUT2D eigenvalue weighted by Gasteiger charge is 2.38. The van der Waals surface area contributed by atoms with Gasteiger partial charge in [0.1, 0.15) is 0 Å². The zero-order valence-electron chi connectivity index (χ0n) is 11.0. The van der Waals surface area contributed by atoms with Gasteiger partial charge in [0.05, 0.1) is 16.1 Å². The molecule has 1 aromatic carbocycles. The van der Waals surface area contributed by atoms with Crippen molar-refractivity contribution in [3.8, 4) is 0 Å². The van der Waals surface area contributed by atoms with E-state index in [1.807, 2.05) is 12.1 Å². The predicted molar refractivity (Wildman–Crippen MR) is 80.6 cm³/mol. The highest BCUT2D eigenvalue weighted by molar-refractivity contribution is 6.42. The third-order valence-electron chi connectivity index (χ3n) is 4.36. The van der Waals surface area contributed by atoms with E-state index in [0.29, 0.717) is 22.2 Å². The first-order valence-electron chi connectivity index (χ1n) is 6.93. The lowest BCUT2D eigenvalue weighted by Gasteiger charge is -2.37. The molecule has 1 aliphatic carbocycles. The zero-order valence-corrected chi connectivity index (χ0v) is 12.6. The van der Waals surface area contributed by atoms with Gasteiger partial charge in [-0.15, -0.1) is 0 Å². The van der Waals surface area contributed by atoms with Crippen molar-refractivity contribution in [2.24, 2.45) is 11.1 Å². The first-order chi connectivity index (χ1) is 9.10. The minimum Gasteiger partial charge on any atom is -0.388 e. The van der Waals surface area contributed by atoms with Crippen LogP contribution in [0.15, 0.2) is 18.2 Å². The van der Waals surface area contributed by atoms with Crippen LogP contribution in [0, 0.1) is 5.41 Å². The van der Waals surface area contributed by atoms with Gasteiger partial charge in [-0.1, -0.05) is 61.0 Å². The molecule has 0 radical (unpaired) electrons. The average molecular weight is 302 g/mol. The summed E-state index contributed by atoms with van der Waals surface area (Å²) in [5.74, 6) is 0. The topological polar surface area (TPSA) is 46.2 Å². The van der Waals surface area contributed by atoms with Crippen LogP contribution in [-0.4, -0.2) is 11.7 Å². The second-order valence-electron chi connectivity index (χ2n) is 5.53. The molecule has 2 rings (SSSR count). The molecule has 19 heavy (non-hydrogen) atoms. The molecule has 3 N–H and O–H groups in total. The lowest BCUT2D eigenvalue weighted by molar-refractivity contribution is 0.0167. The van der Waals surface area contributed by atoms with Crippen LogP contribution in [-0.2, 0) is 0 Å². The number of halogens is 2. The summed E-state index contributed by atoms with van der Waals surface area (Å²) in [7, 11) is 0. The van der Waals surface area contributed by atoms with Crippen molar-refractivity contribution in [2.75, 3.05) is 6.54 Å². The van der Waals surface area contributed by atoms with Crippen LogP contribution in [0.5, 0.6) is 0 Å². The van der Waals surface area contributed by atoms with Crippen LogP contribution in [0.4, 0.5) is 0 Å². The van der Waals surface area contributed by atoms with Gasteiger partial charge in [-0.25, -0.2) is 0 Å². The van der Waals surface area contributed by atoms with Crippen molar-refractivity contribution < 1.29 is 5.11 Å². The van der Waals surface area contributed by atoms with Crippen molar-refractivity contribution in [3.05, 3.63) is 33.8 Å². The van der Waals surface area contributed by atoms with Gasteiger partial charge in [0, 0.05) is 17.5 Å². The van der Waals surface area contributed by atoms with Crippen molar-refractivity contribution in [2.45, 2.75) is 44.6 Å². The Morgan fingerprint density at radius 3 is 2.37 bits per heavy atom. The van der Waals surface area contributed by atoms with E-state index in [4.69, 9.17) is 28.9 Å². The molecule has 1 atom stereocenters. The Bertz CT molecular complexity index is 428. The molecule has 106 valence electrons. The van der Waals surface area contributed by atoms with Crippen LogP contribution in [0.1, 0.15) is 50.2 Å². The zero-order chi connectivity index (χ0) is 13.9. The normalized spacial score (nSPS) is 20.8. The Kier molecular flexibility index (Phi) is 5.13. The molecule has 1 fully saturated rings. The summed E-state index contributed by atoms with van der Waals surface area (Å²) in [6.07, 6.45) is 5.94. The summed E-state index contributed by atoms with van der Waals surface area (Å²) < 4.78 is 0. The van der Waals surface area contributed by atoms with Gasteiger partial charge < -0.3 is 10.8 Å². The van der Waals surface area contributed by atoms with Crippen LogP contribution >= 0.6 is 23.2 Å². The van der Waals surface area contributed by atoms with Gasteiger partial charge in [0.25, 0.3) is 0 Å². The third kappa shape index (κ3) is 3.08. The van der Waals surface area contributed by atoms with E-state index in [1.54, 1.807) is 6.07 Å². The number of nitrogens with two attached hydrogens (primary N) is 1. The molecule has 1 aliphatic rings. The van der Waals surface area contributed by atoms with Crippen LogP contribution in [0.3, 0.4) is 0 Å². The predicted octanol–water partition coefficient (Wildman–Crippen LogP) is 4.33. The van der Waals surface area contributed by atoms with Crippen LogP contribution in [0.25, 0.3) is 0 Å². The molecule has 1 aromatic rings. The molecule has 1 saturated carbocycles. The SMILES string of the molecule is NCC1(C(O)c2cccc(Cl)c2Cl)CCCCCC1. The summed E-state index contributed by atoms with van der Waals surface area (Å²) in [5, 5.41) is 11.7. The van der Waals surface area contributed by atoms with Crippen molar-refractivity contribution in [3.63, 3.8) is 0 Å². The van der Waals surface area contributed by atoms with Gasteiger partial charge in [-0.2, -0.15) is 0 Å². The molecular formula is C15H21Cl2NO. The summed E-state index contributed by atoms with van der Waals surface area (Å²) >= 11 is 12.3. The standard InChI is InChI=1S/C15H21Cl2NO/c16-12-7-5-6-11(13(12)17)14(19)15(10-18)8-3-1-2-4-9-15/h5-7,14,19H,1-4,8-10,18H2. The number of benzene rings is 1. The number of aliphatic hydroxyl groups is 1. The Balaban J connectivity index is 2.34. The maximum atomic E-state index is 10.8. The average Bonchev–Trinajstić information content (AvgIpc) is 2.67. The van der Waals surface area contributed by atoms with E-state index >= 15 is 0 Å². The summed E-state index contributed by atoms with van der Waals surface area (Å²) in [6, 6.07) is 5.41. The molecule has 0 bridgehead atoms. The molecule has 0 aliphatic heterocycles. The van der Waals surface area contributed by atoms with Crippen molar-refractivity contribution in [1.82, 2.24) is 0 Å². The molecule has 0 aromatic heterocycles. The van der Waals surface area contributed by atoms with E-state index in [1.165, 1.54) is 12.8 Å². The maximum absolute atomic E-state index is 10.8. The molecular weight excluding hydrogens is 281 g/mol. The van der Waals surface area contributed by atoms with Gasteiger partial charge in [-0.3, -0.25) is 0 Å². The smallest absolute Gasteiger partial charge is 0.0873 e. The van der Waals surface area contributed by atoms with Crippen molar-refractivity contribution in [1.29, 1.82) is 0 Å². The van der Waals surface area contributed by atoms with E-state index in [0.717, 1.165) is 25.7 Å². The molecule has 0 spiro atoms.